The molecule has 0 fully saturated rings. The van der Waals surface area contributed by atoms with Crippen LogP contribution in [0.5, 0.6) is 0 Å². The van der Waals surface area contributed by atoms with Crippen LogP contribution in [0, 0.1) is 5.92 Å². The van der Waals surface area contributed by atoms with Gasteiger partial charge in [-0.1, -0.05) is 65.8 Å². The molecule has 1 N–H and O–H groups in total. The first-order chi connectivity index (χ1) is 10.6. The molecule has 1 atom stereocenters. The minimum absolute atomic E-state index is 0.108. The number of rotatable bonds is 6. The van der Waals surface area contributed by atoms with Crippen LogP contribution >= 0.6 is 23.4 Å². The molecule has 0 aromatic heterocycles. The molecule has 1 unspecified atom stereocenters. The predicted octanol–water partition coefficient (Wildman–Crippen LogP) is 4.16. The number of aliphatic carboxylic acids is 1. The van der Waals surface area contributed by atoms with Gasteiger partial charge in [-0.15, -0.1) is 0 Å². The summed E-state index contributed by atoms with van der Waals surface area (Å²) >= 11 is 6.86. The van der Waals surface area contributed by atoms with E-state index in [-0.39, 0.29) is 10.9 Å². The predicted molar refractivity (Wildman–Crippen MR) is 89.5 cm³/mol. The quantitative estimate of drug-likeness (QED) is 0.862. The molecule has 5 heteroatoms. The number of hydrogen-bond acceptors (Lipinski definition) is 3. The molecule has 0 aliphatic heterocycles. The van der Waals surface area contributed by atoms with Crippen LogP contribution in [0.25, 0.3) is 0 Å². The molecule has 0 radical (unpaired) electrons. The Bertz CT molecular complexity index is 641. The molecular weight excluding hydrogens is 320 g/mol. The van der Waals surface area contributed by atoms with Crippen LogP contribution < -0.4 is 0 Å². The number of benzene rings is 2. The fraction of sp³-hybridized carbons (Fsp3) is 0.176. The summed E-state index contributed by atoms with van der Waals surface area (Å²) in [6.07, 6.45) is 0.377. The van der Waals surface area contributed by atoms with Gasteiger partial charge in [-0.2, -0.15) is 0 Å². The summed E-state index contributed by atoms with van der Waals surface area (Å²) in [6.45, 7) is 0. The fourth-order valence-corrected chi connectivity index (χ4v) is 3.00. The van der Waals surface area contributed by atoms with Crippen LogP contribution in [0.2, 0.25) is 5.02 Å². The molecule has 2 aromatic carbocycles. The zero-order valence-corrected chi connectivity index (χ0v) is 13.3. The normalized spacial score (nSPS) is 11.9. The monoisotopic (exact) mass is 334 g/mol. The average Bonchev–Trinajstić information content (AvgIpc) is 2.53. The number of thioether (sulfide) groups is 1. The lowest BCUT2D eigenvalue weighted by Gasteiger charge is -2.11. The topological polar surface area (TPSA) is 54.4 Å². The third kappa shape index (κ3) is 4.90. The summed E-state index contributed by atoms with van der Waals surface area (Å²) in [5.74, 6) is -1.27. The summed E-state index contributed by atoms with van der Waals surface area (Å²) in [4.78, 5) is 23.4. The van der Waals surface area contributed by atoms with Crippen molar-refractivity contribution in [3.8, 4) is 0 Å². The second-order valence-electron chi connectivity index (χ2n) is 4.83. The van der Waals surface area contributed by atoms with E-state index in [2.05, 4.69) is 0 Å². The SMILES string of the molecule is O=C(SCC(Cc1ccc(Cl)cc1)C(=O)O)c1ccccc1. The highest BCUT2D eigenvalue weighted by molar-refractivity contribution is 8.14. The van der Waals surface area contributed by atoms with Gasteiger partial charge in [0.1, 0.15) is 0 Å². The van der Waals surface area contributed by atoms with E-state index in [0.29, 0.717) is 17.0 Å². The standard InChI is InChI=1S/C17H15ClO3S/c18-15-8-6-12(7-9-15)10-14(16(19)20)11-22-17(21)13-4-2-1-3-5-13/h1-9,14H,10-11H2,(H,19,20). The third-order valence-corrected chi connectivity index (χ3v) is 4.49. The van der Waals surface area contributed by atoms with Gasteiger partial charge in [-0.3, -0.25) is 9.59 Å². The molecule has 0 aliphatic carbocycles. The van der Waals surface area contributed by atoms with E-state index in [1.807, 2.05) is 18.2 Å². The summed E-state index contributed by atoms with van der Waals surface area (Å²) in [7, 11) is 0. The lowest BCUT2D eigenvalue weighted by atomic mass is 10.0. The molecule has 0 spiro atoms. The van der Waals surface area contributed by atoms with Crippen molar-refractivity contribution in [2.45, 2.75) is 6.42 Å². The highest BCUT2D eigenvalue weighted by Crippen LogP contribution is 2.20. The van der Waals surface area contributed by atoms with Crippen molar-refractivity contribution in [1.82, 2.24) is 0 Å². The Morgan fingerprint density at radius 2 is 1.68 bits per heavy atom. The largest absolute Gasteiger partial charge is 0.481 e. The molecule has 0 heterocycles. The number of carboxylic acid groups (broad SMARTS) is 1. The zero-order chi connectivity index (χ0) is 15.9. The van der Waals surface area contributed by atoms with Crippen molar-refractivity contribution in [3.63, 3.8) is 0 Å². The van der Waals surface area contributed by atoms with Gasteiger partial charge in [0.2, 0.25) is 5.12 Å². The van der Waals surface area contributed by atoms with Crippen LogP contribution in [0.3, 0.4) is 0 Å². The third-order valence-electron chi connectivity index (χ3n) is 3.17. The van der Waals surface area contributed by atoms with Crippen molar-refractivity contribution in [2.75, 3.05) is 5.75 Å². The molecule has 114 valence electrons. The van der Waals surface area contributed by atoms with Gasteiger partial charge in [-0.25, -0.2) is 0 Å². The Morgan fingerprint density at radius 3 is 2.27 bits per heavy atom. The molecule has 0 saturated carbocycles. The van der Waals surface area contributed by atoms with Gasteiger partial charge in [-0.05, 0) is 24.1 Å². The average molecular weight is 335 g/mol. The van der Waals surface area contributed by atoms with Crippen LogP contribution in [0.4, 0.5) is 0 Å². The second kappa shape index (κ2) is 8.01. The van der Waals surface area contributed by atoms with Crippen LogP contribution in [0.15, 0.2) is 54.6 Å². The maximum absolute atomic E-state index is 12.0. The number of carboxylic acids is 1. The molecule has 22 heavy (non-hydrogen) atoms. The molecule has 0 aliphatic rings. The Balaban J connectivity index is 1.96. The number of carbonyl (C=O) groups is 2. The Labute approximate surface area is 138 Å². The fourth-order valence-electron chi connectivity index (χ4n) is 1.96. The van der Waals surface area contributed by atoms with Gasteiger partial charge < -0.3 is 5.11 Å². The van der Waals surface area contributed by atoms with Crippen molar-refractivity contribution >= 4 is 34.4 Å². The van der Waals surface area contributed by atoms with E-state index >= 15 is 0 Å². The van der Waals surface area contributed by atoms with Gasteiger partial charge in [0.05, 0.1) is 5.92 Å². The van der Waals surface area contributed by atoms with Gasteiger partial charge in [0.15, 0.2) is 0 Å². The van der Waals surface area contributed by atoms with Crippen molar-refractivity contribution in [3.05, 3.63) is 70.7 Å². The minimum atomic E-state index is -0.900. The molecular formula is C17H15ClO3S. The maximum Gasteiger partial charge on any atom is 0.307 e. The van der Waals surface area contributed by atoms with Crippen molar-refractivity contribution < 1.29 is 14.7 Å². The highest BCUT2D eigenvalue weighted by atomic mass is 35.5. The summed E-state index contributed by atoms with van der Waals surface area (Å²) in [6, 6.07) is 15.9. The number of carbonyl (C=O) groups excluding carboxylic acids is 1. The molecule has 2 aromatic rings. The van der Waals surface area contributed by atoms with Crippen LogP contribution in [-0.2, 0) is 11.2 Å². The Hall–Kier alpha value is -1.78. The number of halogens is 1. The smallest absolute Gasteiger partial charge is 0.307 e. The first-order valence-electron chi connectivity index (χ1n) is 6.75. The molecule has 0 saturated heterocycles. The Kier molecular flexibility index (Phi) is 6.04. The highest BCUT2D eigenvalue weighted by Gasteiger charge is 2.20. The van der Waals surface area contributed by atoms with E-state index in [0.717, 1.165) is 17.3 Å². The summed E-state index contributed by atoms with van der Waals surface area (Å²) in [5, 5.41) is 9.83. The van der Waals surface area contributed by atoms with E-state index in [4.69, 9.17) is 11.6 Å². The first kappa shape index (κ1) is 16.6. The van der Waals surface area contributed by atoms with Crippen molar-refractivity contribution in [2.24, 2.45) is 5.92 Å². The van der Waals surface area contributed by atoms with E-state index in [9.17, 15) is 14.7 Å². The second-order valence-corrected chi connectivity index (χ2v) is 6.26. The molecule has 0 bridgehead atoms. The summed E-state index contributed by atoms with van der Waals surface area (Å²) < 4.78 is 0. The zero-order valence-electron chi connectivity index (χ0n) is 11.7. The minimum Gasteiger partial charge on any atom is -0.481 e. The van der Waals surface area contributed by atoms with Crippen molar-refractivity contribution in [1.29, 1.82) is 0 Å². The van der Waals surface area contributed by atoms with Gasteiger partial charge in [0, 0.05) is 16.3 Å². The van der Waals surface area contributed by atoms with Crippen LogP contribution in [-0.4, -0.2) is 21.9 Å². The van der Waals surface area contributed by atoms with E-state index < -0.39 is 11.9 Å². The Morgan fingerprint density at radius 1 is 1.05 bits per heavy atom. The van der Waals surface area contributed by atoms with E-state index in [1.54, 1.807) is 36.4 Å². The van der Waals surface area contributed by atoms with Gasteiger partial charge in [0.25, 0.3) is 0 Å². The molecule has 3 nitrogen and oxygen atoms in total. The summed E-state index contributed by atoms with van der Waals surface area (Å²) in [5.41, 5.74) is 1.48. The van der Waals surface area contributed by atoms with Gasteiger partial charge >= 0.3 is 5.97 Å². The van der Waals surface area contributed by atoms with E-state index in [1.165, 1.54) is 0 Å². The first-order valence-corrected chi connectivity index (χ1v) is 8.12. The lowest BCUT2D eigenvalue weighted by molar-refractivity contribution is -0.140. The maximum atomic E-state index is 12.0. The van der Waals surface area contributed by atoms with Crippen LogP contribution in [0.1, 0.15) is 15.9 Å². The number of hydrogen-bond donors (Lipinski definition) is 1. The molecule has 0 amide bonds. The molecule has 2 rings (SSSR count). The lowest BCUT2D eigenvalue weighted by Crippen LogP contribution is -2.20.